The average molecular weight is 284 g/mol. The number of rotatable bonds is 1. The predicted octanol–water partition coefficient (Wildman–Crippen LogP) is 3.68. The van der Waals surface area contributed by atoms with Gasteiger partial charge in [0.15, 0.2) is 0 Å². The van der Waals surface area contributed by atoms with Crippen LogP contribution in [0.4, 0.5) is 18.9 Å². The van der Waals surface area contributed by atoms with E-state index in [-0.39, 0.29) is 10.0 Å². The van der Waals surface area contributed by atoms with E-state index in [1.807, 2.05) is 0 Å². The molecule has 1 aromatic rings. The Morgan fingerprint density at radius 2 is 1.93 bits per heavy atom. The number of halogens is 4. The van der Waals surface area contributed by atoms with Gasteiger partial charge in [-0.1, -0.05) is 15.9 Å². The molecule has 0 N–H and O–H groups in total. The van der Waals surface area contributed by atoms with Crippen LogP contribution in [0, 0.1) is 17.0 Å². The molecule has 15 heavy (non-hydrogen) atoms. The van der Waals surface area contributed by atoms with Crippen molar-refractivity contribution in [1.82, 2.24) is 0 Å². The lowest BCUT2D eigenvalue weighted by Gasteiger charge is -2.11. The minimum atomic E-state index is -4.73. The topological polar surface area (TPSA) is 43.1 Å². The number of nitrogens with zero attached hydrogens (tertiary/aromatic N) is 1. The molecule has 7 heteroatoms. The van der Waals surface area contributed by atoms with E-state index in [1.54, 1.807) is 0 Å². The molecule has 0 saturated heterocycles. The molecular weight excluding hydrogens is 279 g/mol. The molecule has 0 spiro atoms. The Morgan fingerprint density at radius 3 is 2.33 bits per heavy atom. The maximum Gasteiger partial charge on any atom is 0.423 e. The third-order valence-corrected chi connectivity index (χ3v) is 2.72. The Bertz CT molecular complexity index is 417. The Morgan fingerprint density at radius 1 is 1.40 bits per heavy atom. The molecule has 0 unspecified atom stereocenters. The molecule has 3 nitrogen and oxygen atoms in total. The van der Waals surface area contributed by atoms with Gasteiger partial charge >= 0.3 is 6.18 Å². The fraction of sp³-hybridized carbons (Fsp3) is 0.250. The molecule has 0 aliphatic heterocycles. The van der Waals surface area contributed by atoms with E-state index in [9.17, 15) is 23.3 Å². The zero-order valence-corrected chi connectivity index (χ0v) is 9.02. The van der Waals surface area contributed by atoms with Crippen LogP contribution < -0.4 is 0 Å². The van der Waals surface area contributed by atoms with Gasteiger partial charge in [0.05, 0.1) is 4.92 Å². The van der Waals surface area contributed by atoms with Gasteiger partial charge in [-0.05, 0) is 18.6 Å². The summed E-state index contributed by atoms with van der Waals surface area (Å²) in [5.41, 5.74) is -2.32. The zero-order valence-electron chi connectivity index (χ0n) is 7.43. The molecule has 0 aliphatic rings. The van der Waals surface area contributed by atoms with Gasteiger partial charge in [-0.25, -0.2) is 0 Å². The Hall–Kier alpha value is -1.11. The highest BCUT2D eigenvalue weighted by atomic mass is 79.9. The number of nitro benzene ring substituents is 1. The summed E-state index contributed by atoms with van der Waals surface area (Å²) in [5, 5.41) is 10.4. The lowest BCUT2D eigenvalue weighted by atomic mass is 10.1. The first-order chi connectivity index (χ1) is 6.75. The minimum absolute atomic E-state index is 0.184. The van der Waals surface area contributed by atoms with Crippen molar-refractivity contribution in [3.05, 3.63) is 37.8 Å². The lowest BCUT2D eigenvalue weighted by Crippen LogP contribution is -2.11. The van der Waals surface area contributed by atoms with E-state index < -0.39 is 22.4 Å². The minimum Gasteiger partial charge on any atom is -0.258 e. The third kappa shape index (κ3) is 2.28. The van der Waals surface area contributed by atoms with Crippen LogP contribution >= 0.6 is 15.9 Å². The Balaban J connectivity index is 3.57. The fourth-order valence-electron chi connectivity index (χ4n) is 1.18. The van der Waals surface area contributed by atoms with Crippen LogP contribution in [-0.4, -0.2) is 4.92 Å². The second kappa shape index (κ2) is 3.80. The van der Waals surface area contributed by atoms with Crippen LogP contribution in [0.1, 0.15) is 11.1 Å². The standard InChI is InChI=1S/C8H5BrF3NO2/c1-4-5(9)2-3-6(13(14)15)7(4)8(10,11)12/h2-3H,1H3. The van der Waals surface area contributed by atoms with E-state index in [0.717, 1.165) is 6.07 Å². The normalized spacial score (nSPS) is 11.5. The second-order valence-electron chi connectivity index (χ2n) is 2.82. The maximum atomic E-state index is 12.5. The molecule has 0 saturated carbocycles. The molecule has 0 fully saturated rings. The molecule has 0 amide bonds. The van der Waals surface area contributed by atoms with Gasteiger partial charge in [0.25, 0.3) is 5.69 Å². The highest BCUT2D eigenvalue weighted by Crippen LogP contribution is 2.40. The van der Waals surface area contributed by atoms with E-state index in [2.05, 4.69) is 15.9 Å². The van der Waals surface area contributed by atoms with Crippen LogP contribution in [0.2, 0.25) is 0 Å². The van der Waals surface area contributed by atoms with E-state index in [1.165, 1.54) is 13.0 Å². The predicted molar refractivity (Wildman–Crippen MR) is 50.5 cm³/mol. The monoisotopic (exact) mass is 283 g/mol. The van der Waals surface area contributed by atoms with Gasteiger partial charge in [0, 0.05) is 10.5 Å². The first kappa shape index (κ1) is 12.0. The summed E-state index contributed by atoms with van der Waals surface area (Å²) in [7, 11) is 0. The summed E-state index contributed by atoms with van der Waals surface area (Å²) in [6, 6.07) is 2.06. The number of nitro groups is 1. The molecule has 0 bridgehead atoms. The van der Waals surface area contributed by atoms with Crippen molar-refractivity contribution < 1.29 is 18.1 Å². The van der Waals surface area contributed by atoms with Crippen LogP contribution in [0.15, 0.2) is 16.6 Å². The van der Waals surface area contributed by atoms with Crippen LogP contribution in [0.5, 0.6) is 0 Å². The molecule has 0 aliphatic carbocycles. The van der Waals surface area contributed by atoms with Gasteiger partial charge < -0.3 is 0 Å². The van der Waals surface area contributed by atoms with Crippen LogP contribution in [0.3, 0.4) is 0 Å². The SMILES string of the molecule is Cc1c(Br)ccc([N+](=O)[O-])c1C(F)(F)F. The summed E-state index contributed by atoms with van der Waals surface area (Å²) in [5.74, 6) is 0. The van der Waals surface area contributed by atoms with Gasteiger partial charge in [-0.3, -0.25) is 10.1 Å². The number of hydrogen-bond acceptors (Lipinski definition) is 2. The summed E-state index contributed by atoms with van der Waals surface area (Å²) >= 11 is 2.90. The van der Waals surface area contributed by atoms with E-state index in [4.69, 9.17) is 0 Å². The highest BCUT2D eigenvalue weighted by Gasteiger charge is 2.40. The van der Waals surface area contributed by atoms with Crippen molar-refractivity contribution in [2.45, 2.75) is 13.1 Å². The molecule has 1 rings (SSSR count). The van der Waals surface area contributed by atoms with E-state index in [0.29, 0.717) is 0 Å². The molecule has 0 radical (unpaired) electrons. The highest BCUT2D eigenvalue weighted by molar-refractivity contribution is 9.10. The van der Waals surface area contributed by atoms with Crippen LogP contribution in [0.25, 0.3) is 0 Å². The average Bonchev–Trinajstić information content (AvgIpc) is 2.06. The van der Waals surface area contributed by atoms with Crippen molar-refractivity contribution in [2.24, 2.45) is 0 Å². The fourth-order valence-corrected chi connectivity index (χ4v) is 1.51. The van der Waals surface area contributed by atoms with Gasteiger partial charge in [0.2, 0.25) is 0 Å². The van der Waals surface area contributed by atoms with Crippen molar-refractivity contribution in [2.75, 3.05) is 0 Å². The number of hydrogen-bond donors (Lipinski definition) is 0. The first-order valence-electron chi connectivity index (χ1n) is 3.76. The van der Waals surface area contributed by atoms with Crippen LogP contribution in [-0.2, 0) is 6.18 Å². The Labute approximate surface area is 91.2 Å². The summed E-state index contributed by atoms with van der Waals surface area (Å²) in [4.78, 5) is 9.38. The van der Waals surface area contributed by atoms with Gasteiger partial charge in [-0.2, -0.15) is 13.2 Å². The zero-order chi connectivity index (χ0) is 11.8. The van der Waals surface area contributed by atoms with Crippen molar-refractivity contribution in [3.8, 4) is 0 Å². The molecule has 0 heterocycles. The number of benzene rings is 1. The smallest absolute Gasteiger partial charge is 0.258 e. The molecule has 0 aromatic heterocycles. The molecule has 1 aromatic carbocycles. The van der Waals surface area contributed by atoms with Crippen molar-refractivity contribution in [1.29, 1.82) is 0 Å². The Kier molecular flexibility index (Phi) is 3.03. The summed E-state index contributed by atoms with van der Waals surface area (Å²) in [6.07, 6.45) is -4.73. The molecular formula is C8H5BrF3NO2. The summed E-state index contributed by atoms with van der Waals surface area (Å²) in [6.45, 7) is 1.18. The largest absolute Gasteiger partial charge is 0.423 e. The quantitative estimate of drug-likeness (QED) is 0.583. The van der Waals surface area contributed by atoms with Gasteiger partial charge in [-0.15, -0.1) is 0 Å². The summed E-state index contributed by atoms with van der Waals surface area (Å²) < 4.78 is 37.8. The second-order valence-corrected chi connectivity index (χ2v) is 3.68. The number of alkyl halides is 3. The third-order valence-electron chi connectivity index (χ3n) is 1.86. The lowest BCUT2D eigenvalue weighted by molar-refractivity contribution is -0.388. The maximum absolute atomic E-state index is 12.5. The van der Waals surface area contributed by atoms with E-state index >= 15 is 0 Å². The van der Waals surface area contributed by atoms with Crippen molar-refractivity contribution in [3.63, 3.8) is 0 Å². The van der Waals surface area contributed by atoms with Crippen molar-refractivity contribution >= 4 is 21.6 Å². The van der Waals surface area contributed by atoms with Gasteiger partial charge in [0.1, 0.15) is 5.56 Å². The molecule has 0 atom stereocenters. The first-order valence-corrected chi connectivity index (χ1v) is 4.55. The molecule has 82 valence electrons.